The standard InChI is InChI=1S/C17H28FN3OS2/c1-17(2,3)24(22)13-11-21-16(19-4)20-10-5-12-23-15-8-6-14(18)7-9-15/h6-9H,5,10-13H2,1-4H3,(H2,19,20,21). The molecule has 2 N–H and O–H groups in total. The molecule has 0 aliphatic rings. The zero-order chi connectivity index (χ0) is 18.0. The summed E-state index contributed by atoms with van der Waals surface area (Å²) in [4.78, 5) is 5.23. The molecule has 1 atom stereocenters. The second-order valence-corrected chi connectivity index (χ2v) is 9.74. The fraction of sp³-hybridized carbons (Fsp3) is 0.588. The molecule has 0 spiro atoms. The fourth-order valence-electron chi connectivity index (χ4n) is 1.79. The molecule has 1 rings (SSSR count). The van der Waals surface area contributed by atoms with Crippen molar-refractivity contribution in [3.63, 3.8) is 0 Å². The predicted molar refractivity (Wildman–Crippen MR) is 104 cm³/mol. The van der Waals surface area contributed by atoms with Gasteiger partial charge in [-0.25, -0.2) is 4.39 Å². The van der Waals surface area contributed by atoms with Crippen LogP contribution in [0.3, 0.4) is 0 Å². The quantitative estimate of drug-likeness (QED) is 0.318. The smallest absolute Gasteiger partial charge is 0.191 e. The Bertz CT molecular complexity index is 542. The van der Waals surface area contributed by atoms with E-state index in [4.69, 9.17) is 0 Å². The van der Waals surface area contributed by atoms with Crippen LogP contribution in [0.2, 0.25) is 0 Å². The van der Waals surface area contributed by atoms with E-state index in [2.05, 4.69) is 15.6 Å². The second-order valence-electron chi connectivity index (χ2n) is 6.24. The number of guanidine groups is 1. The first-order valence-electron chi connectivity index (χ1n) is 8.04. The van der Waals surface area contributed by atoms with Crippen molar-refractivity contribution in [2.24, 2.45) is 4.99 Å². The number of nitrogens with one attached hydrogen (secondary N) is 2. The number of hydrogen-bond donors (Lipinski definition) is 2. The molecule has 1 unspecified atom stereocenters. The van der Waals surface area contributed by atoms with Gasteiger partial charge in [-0.1, -0.05) is 0 Å². The molecule has 0 bridgehead atoms. The lowest BCUT2D eigenvalue weighted by Gasteiger charge is -2.18. The number of nitrogens with zero attached hydrogens (tertiary/aromatic N) is 1. The Kier molecular flexibility index (Phi) is 9.36. The summed E-state index contributed by atoms with van der Waals surface area (Å²) >= 11 is 1.71. The normalized spacial score (nSPS) is 13.6. The summed E-state index contributed by atoms with van der Waals surface area (Å²) in [7, 11) is 0.863. The van der Waals surface area contributed by atoms with Crippen molar-refractivity contribution >= 4 is 28.5 Å². The molecular formula is C17H28FN3OS2. The molecule has 0 fully saturated rings. The molecule has 0 amide bonds. The van der Waals surface area contributed by atoms with Gasteiger partial charge in [0.05, 0.1) is 0 Å². The molecule has 136 valence electrons. The predicted octanol–water partition coefficient (Wildman–Crippen LogP) is 3.02. The molecule has 0 saturated heterocycles. The molecule has 1 aromatic rings. The third kappa shape index (κ3) is 8.68. The van der Waals surface area contributed by atoms with Gasteiger partial charge in [-0.05, 0) is 57.2 Å². The van der Waals surface area contributed by atoms with Crippen LogP contribution < -0.4 is 10.6 Å². The fourth-order valence-corrected chi connectivity index (χ4v) is 3.54. The van der Waals surface area contributed by atoms with Crippen LogP contribution in [0.1, 0.15) is 27.2 Å². The maximum atomic E-state index is 12.8. The van der Waals surface area contributed by atoms with E-state index >= 15 is 0 Å². The Morgan fingerprint density at radius 2 is 1.83 bits per heavy atom. The van der Waals surface area contributed by atoms with Crippen molar-refractivity contribution in [2.75, 3.05) is 31.6 Å². The average Bonchev–Trinajstić information content (AvgIpc) is 2.53. The third-order valence-electron chi connectivity index (χ3n) is 3.18. The summed E-state index contributed by atoms with van der Waals surface area (Å²) in [6.07, 6.45) is 0.969. The maximum Gasteiger partial charge on any atom is 0.191 e. The van der Waals surface area contributed by atoms with Gasteiger partial charge in [0.15, 0.2) is 5.96 Å². The van der Waals surface area contributed by atoms with E-state index in [9.17, 15) is 8.60 Å². The van der Waals surface area contributed by atoms with Crippen LogP contribution in [-0.2, 0) is 10.8 Å². The number of aliphatic imine (C=N–C) groups is 1. The van der Waals surface area contributed by atoms with Gasteiger partial charge in [0.1, 0.15) is 5.82 Å². The number of hydrogen-bond acceptors (Lipinski definition) is 3. The first-order valence-corrected chi connectivity index (χ1v) is 10.3. The highest BCUT2D eigenvalue weighted by molar-refractivity contribution is 7.99. The van der Waals surface area contributed by atoms with Gasteiger partial charge in [-0.15, -0.1) is 11.8 Å². The van der Waals surface area contributed by atoms with E-state index in [1.165, 1.54) is 12.1 Å². The van der Waals surface area contributed by atoms with E-state index in [0.717, 1.165) is 29.6 Å². The summed E-state index contributed by atoms with van der Waals surface area (Å²) in [6, 6.07) is 6.55. The van der Waals surface area contributed by atoms with E-state index in [1.807, 2.05) is 20.8 Å². The summed E-state index contributed by atoms with van der Waals surface area (Å²) in [5, 5.41) is 6.43. The molecule has 24 heavy (non-hydrogen) atoms. The number of benzene rings is 1. The number of rotatable bonds is 8. The summed E-state index contributed by atoms with van der Waals surface area (Å²) in [5.74, 6) is 2.07. The highest BCUT2D eigenvalue weighted by Gasteiger charge is 2.18. The molecule has 0 aromatic heterocycles. The highest BCUT2D eigenvalue weighted by atomic mass is 32.2. The van der Waals surface area contributed by atoms with Crippen molar-refractivity contribution in [3.05, 3.63) is 30.1 Å². The first-order chi connectivity index (χ1) is 11.3. The average molecular weight is 374 g/mol. The lowest BCUT2D eigenvalue weighted by molar-refractivity contribution is 0.626. The molecule has 0 radical (unpaired) electrons. The monoisotopic (exact) mass is 373 g/mol. The Morgan fingerprint density at radius 1 is 1.21 bits per heavy atom. The Morgan fingerprint density at radius 3 is 2.42 bits per heavy atom. The van der Waals surface area contributed by atoms with Crippen LogP contribution in [-0.4, -0.2) is 46.6 Å². The second kappa shape index (κ2) is 10.7. The lowest BCUT2D eigenvalue weighted by atomic mass is 10.3. The van der Waals surface area contributed by atoms with Crippen molar-refractivity contribution in [1.82, 2.24) is 10.6 Å². The van der Waals surface area contributed by atoms with Crippen LogP contribution in [0.4, 0.5) is 4.39 Å². The van der Waals surface area contributed by atoms with E-state index in [1.54, 1.807) is 30.9 Å². The van der Waals surface area contributed by atoms with Gasteiger partial charge < -0.3 is 10.6 Å². The van der Waals surface area contributed by atoms with Crippen LogP contribution in [0.5, 0.6) is 0 Å². The van der Waals surface area contributed by atoms with Crippen molar-refractivity contribution in [2.45, 2.75) is 36.8 Å². The molecule has 0 aliphatic heterocycles. The van der Waals surface area contributed by atoms with E-state index in [0.29, 0.717) is 12.3 Å². The minimum atomic E-state index is -0.863. The Balaban J connectivity index is 2.16. The minimum Gasteiger partial charge on any atom is -0.356 e. The Hall–Kier alpha value is -1.08. The minimum absolute atomic E-state index is 0.184. The molecule has 4 nitrogen and oxygen atoms in total. The molecule has 1 aromatic carbocycles. The summed E-state index contributed by atoms with van der Waals surface area (Å²) < 4.78 is 24.6. The lowest BCUT2D eigenvalue weighted by Crippen LogP contribution is -2.40. The molecule has 0 aliphatic carbocycles. The highest BCUT2D eigenvalue weighted by Crippen LogP contribution is 2.18. The van der Waals surface area contributed by atoms with Gasteiger partial charge in [-0.2, -0.15) is 0 Å². The Labute approximate surface area is 151 Å². The third-order valence-corrected chi connectivity index (χ3v) is 6.22. The van der Waals surface area contributed by atoms with Crippen molar-refractivity contribution in [1.29, 1.82) is 0 Å². The van der Waals surface area contributed by atoms with Crippen LogP contribution in [0, 0.1) is 5.82 Å². The summed E-state index contributed by atoms with van der Waals surface area (Å²) in [6.45, 7) is 7.38. The number of halogens is 1. The SMILES string of the molecule is CN=C(NCCCSc1ccc(F)cc1)NCCS(=O)C(C)(C)C. The van der Waals surface area contributed by atoms with Gasteiger partial charge in [0.2, 0.25) is 0 Å². The molecule has 0 heterocycles. The zero-order valence-electron chi connectivity index (χ0n) is 14.9. The largest absolute Gasteiger partial charge is 0.356 e. The van der Waals surface area contributed by atoms with E-state index in [-0.39, 0.29) is 10.6 Å². The van der Waals surface area contributed by atoms with Crippen molar-refractivity contribution < 1.29 is 8.60 Å². The summed E-state index contributed by atoms with van der Waals surface area (Å²) in [5.41, 5.74) is 0. The van der Waals surface area contributed by atoms with Gasteiger partial charge in [-0.3, -0.25) is 9.20 Å². The van der Waals surface area contributed by atoms with Crippen LogP contribution in [0.25, 0.3) is 0 Å². The number of thioether (sulfide) groups is 1. The molecular weight excluding hydrogens is 345 g/mol. The van der Waals surface area contributed by atoms with Crippen LogP contribution in [0.15, 0.2) is 34.2 Å². The van der Waals surface area contributed by atoms with Gasteiger partial charge >= 0.3 is 0 Å². The topological polar surface area (TPSA) is 53.5 Å². The first kappa shape index (κ1) is 21.0. The van der Waals surface area contributed by atoms with Gasteiger partial charge in [0.25, 0.3) is 0 Å². The van der Waals surface area contributed by atoms with E-state index < -0.39 is 10.8 Å². The maximum absolute atomic E-state index is 12.8. The zero-order valence-corrected chi connectivity index (χ0v) is 16.5. The molecule has 0 saturated carbocycles. The van der Waals surface area contributed by atoms with Crippen molar-refractivity contribution in [3.8, 4) is 0 Å². The van der Waals surface area contributed by atoms with Crippen LogP contribution >= 0.6 is 11.8 Å². The van der Waals surface area contributed by atoms with Gasteiger partial charge in [0, 0.05) is 46.3 Å². The molecule has 7 heteroatoms.